The largest absolute Gasteiger partial charge is 0.497 e. The number of ether oxygens (including phenoxy) is 1. The summed E-state index contributed by atoms with van der Waals surface area (Å²) in [7, 11) is 3.33. The summed E-state index contributed by atoms with van der Waals surface area (Å²) in [6, 6.07) is 6.58. The molecule has 3 aliphatic rings. The Morgan fingerprint density at radius 2 is 1.89 bits per heavy atom. The number of aliphatic hydroxyl groups excluding tert-OH is 1. The summed E-state index contributed by atoms with van der Waals surface area (Å²) >= 11 is 1.66. The van der Waals surface area contributed by atoms with Crippen molar-refractivity contribution in [3.8, 4) is 5.75 Å². The molecule has 0 aromatic heterocycles. The molecule has 1 spiro atoms. The Balaban J connectivity index is 1.73. The van der Waals surface area contributed by atoms with Gasteiger partial charge in [-0.15, -0.1) is 24.9 Å². The summed E-state index contributed by atoms with van der Waals surface area (Å²) in [5.41, 5.74) is 0.698. The molecule has 0 radical (unpaired) electrons. The Kier molecular flexibility index (Phi) is 8.33. The van der Waals surface area contributed by atoms with E-state index in [0.717, 1.165) is 6.42 Å². The van der Waals surface area contributed by atoms with Crippen LogP contribution in [0.1, 0.15) is 25.7 Å². The van der Waals surface area contributed by atoms with Gasteiger partial charge in [0.2, 0.25) is 11.8 Å². The minimum Gasteiger partial charge on any atom is -0.497 e. The molecule has 8 nitrogen and oxygen atoms in total. The average Bonchev–Trinajstić information content (AvgIpc) is 3.54. The first-order chi connectivity index (χ1) is 17.8. The molecule has 4 rings (SSSR count). The first kappa shape index (κ1) is 27.3. The SMILES string of the molecule is C=CCN(C)C(=O)[C@@H]1[C@H]2C(=O)N(CCCCO)C(C(=O)N(CC=C)c3ccc(OC)cc3)C23CC[C@H]1S3. The number of amides is 3. The monoisotopic (exact) mass is 527 g/mol. The van der Waals surface area contributed by atoms with Crippen LogP contribution in [-0.4, -0.2) is 89.1 Å². The van der Waals surface area contributed by atoms with Crippen LogP contribution in [0, 0.1) is 11.8 Å². The van der Waals surface area contributed by atoms with Crippen molar-refractivity contribution >= 4 is 35.2 Å². The number of thioether (sulfide) groups is 1. The van der Waals surface area contributed by atoms with Crippen molar-refractivity contribution in [1.82, 2.24) is 9.80 Å². The number of fused-ring (bicyclic) bond motifs is 1. The molecule has 3 amide bonds. The molecule has 9 heteroatoms. The van der Waals surface area contributed by atoms with Gasteiger partial charge >= 0.3 is 0 Å². The third kappa shape index (κ3) is 4.68. The van der Waals surface area contributed by atoms with Gasteiger partial charge in [0, 0.05) is 44.2 Å². The molecular weight excluding hydrogens is 490 g/mol. The molecule has 1 aromatic rings. The number of likely N-dealkylation sites (tertiary alicyclic amines) is 1. The lowest BCUT2D eigenvalue weighted by molar-refractivity contribution is -0.143. The molecule has 1 aromatic carbocycles. The molecule has 5 atom stereocenters. The number of rotatable bonds is 12. The molecule has 0 saturated carbocycles. The van der Waals surface area contributed by atoms with E-state index in [4.69, 9.17) is 4.74 Å². The fourth-order valence-corrected chi connectivity index (χ4v) is 8.45. The molecule has 2 bridgehead atoms. The Morgan fingerprint density at radius 3 is 2.51 bits per heavy atom. The van der Waals surface area contributed by atoms with Gasteiger partial charge in [0.25, 0.3) is 5.91 Å². The second-order valence-electron chi connectivity index (χ2n) is 9.96. The Labute approximate surface area is 223 Å². The summed E-state index contributed by atoms with van der Waals surface area (Å²) in [5, 5.41) is 9.37. The summed E-state index contributed by atoms with van der Waals surface area (Å²) in [6.45, 7) is 8.69. The lowest BCUT2D eigenvalue weighted by Gasteiger charge is -2.37. The second-order valence-corrected chi connectivity index (χ2v) is 11.6. The number of aliphatic hydroxyl groups is 1. The van der Waals surface area contributed by atoms with Crippen molar-refractivity contribution in [2.45, 2.75) is 41.7 Å². The summed E-state index contributed by atoms with van der Waals surface area (Å²) < 4.78 is 4.63. The van der Waals surface area contributed by atoms with E-state index in [0.29, 0.717) is 50.3 Å². The van der Waals surface area contributed by atoms with Crippen LogP contribution in [0.3, 0.4) is 0 Å². The maximum Gasteiger partial charge on any atom is 0.251 e. The Morgan fingerprint density at radius 1 is 1.19 bits per heavy atom. The van der Waals surface area contributed by atoms with Crippen LogP contribution in [0.2, 0.25) is 0 Å². The number of hydrogen-bond donors (Lipinski definition) is 1. The van der Waals surface area contributed by atoms with Crippen LogP contribution in [-0.2, 0) is 14.4 Å². The van der Waals surface area contributed by atoms with Crippen LogP contribution in [0.4, 0.5) is 5.69 Å². The van der Waals surface area contributed by atoms with Crippen LogP contribution in [0.5, 0.6) is 5.75 Å². The van der Waals surface area contributed by atoms with Gasteiger partial charge in [0.1, 0.15) is 11.8 Å². The minimum absolute atomic E-state index is 0.0115. The van der Waals surface area contributed by atoms with E-state index in [-0.39, 0.29) is 29.6 Å². The van der Waals surface area contributed by atoms with Crippen LogP contribution < -0.4 is 9.64 Å². The highest BCUT2D eigenvalue weighted by atomic mass is 32.2. The highest BCUT2D eigenvalue weighted by Gasteiger charge is 2.73. The van der Waals surface area contributed by atoms with Crippen LogP contribution in [0.25, 0.3) is 0 Å². The summed E-state index contributed by atoms with van der Waals surface area (Å²) in [6.07, 6.45) is 6.00. The van der Waals surface area contributed by atoms with Gasteiger partial charge in [0.15, 0.2) is 0 Å². The van der Waals surface area contributed by atoms with Gasteiger partial charge in [0.05, 0.1) is 23.7 Å². The topological polar surface area (TPSA) is 90.4 Å². The zero-order valence-corrected chi connectivity index (χ0v) is 22.5. The van der Waals surface area contributed by atoms with E-state index in [1.807, 2.05) is 12.1 Å². The fraction of sp³-hybridized carbons (Fsp3) is 0.536. The zero-order valence-electron chi connectivity index (χ0n) is 21.7. The van der Waals surface area contributed by atoms with E-state index in [1.54, 1.807) is 64.9 Å². The number of carbonyl (C=O) groups excluding carboxylic acids is 3. The smallest absolute Gasteiger partial charge is 0.251 e. The van der Waals surface area contributed by atoms with Crippen molar-refractivity contribution in [2.24, 2.45) is 11.8 Å². The predicted molar refractivity (Wildman–Crippen MR) is 146 cm³/mol. The summed E-state index contributed by atoms with van der Waals surface area (Å²) in [5.74, 6) is -0.650. The zero-order chi connectivity index (χ0) is 26.7. The van der Waals surface area contributed by atoms with Crippen molar-refractivity contribution in [3.63, 3.8) is 0 Å². The molecule has 3 fully saturated rings. The molecule has 3 heterocycles. The van der Waals surface area contributed by atoms with Crippen LogP contribution in [0.15, 0.2) is 49.6 Å². The van der Waals surface area contributed by atoms with E-state index in [1.165, 1.54) is 0 Å². The average molecular weight is 528 g/mol. The predicted octanol–water partition coefficient (Wildman–Crippen LogP) is 2.72. The van der Waals surface area contributed by atoms with Gasteiger partial charge in [-0.05, 0) is 49.9 Å². The second kappa shape index (κ2) is 11.3. The van der Waals surface area contributed by atoms with E-state index in [2.05, 4.69) is 13.2 Å². The molecular formula is C28H37N3O5S. The van der Waals surface area contributed by atoms with Gasteiger partial charge in [-0.3, -0.25) is 14.4 Å². The highest BCUT2D eigenvalue weighted by Crippen LogP contribution is 2.66. The maximum atomic E-state index is 14.4. The normalized spacial score (nSPS) is 27.6. The molecule has 2 unspecified atom stereocenters. The van der Waals surface area contributed by atoms with E-state index < -0.39 is 22.6 Å². The number of anilines is 1. The first-order valence-electron chi connectivity index (χ1n) is 12.9. The van der Waals surface area contributed by atoms with Gasteiger partial charge in [-0.25, -0.2) is 0 Å². The van der Waals surface area contributed by atoms with Crippen LogP contribution >= 0.6 is 11.8 Å². The Bertz CT molecular complexity index is 1050. The molecule has 3 saturated heterocycles. The number of benzene rings is 1. The number of methoxy groups -OCH3 is 1. The fourth-order valence-electron chi connectivity index (χ4n) is 6.25. The quantitative estimate of drug-likeness (QED) is 0.332. The van der Waals surface area contributed by atoms with E-state index >= 15 is 0 Å². The molecule has 0 aliphatic carbocycles. The van der Waals surface area contributed by atoms with Gasteiger partial charge in [-0.2, -0.15) is 0 Å². The number of likely N-dealkylation sites (N-methyl/N-ethyl adjacent to an activating group) is 1. The van der Waals surface area contributed by atoms with Gasteiger partial charge < -0.3 is 24.5 Å². The third-order valence-corrected chi connectivity index (χ3v) is 9.82. The molecule has 200 valence electrons. The number of hydrogen-bond acceptors (Lipinski definition) is 6. The minimum atomic E-state index is -0.691. The first-order valence-corrected chi connectivity index (χ1v) is 13.7. The lowest BCUT2D eigenvalue weighted by Crippen LogP contribution is -2.55. The number of carbonyl (C=O) groups is 3. The van der Waals surface area contributed by atoms with Crippen molar-refractivity contribution in [3.05, 3.63) is 49.6 Å². The van der Waals surface area contributed by atoms with E-state index in [9.17, 15) is 19.5 Å². The summed E-state index contributed by atoms with van der Waals surface area (Å²) in [4.78, 5) is 46.9. The van der Waals surface area contributed by atoms with Crippen molar-refractivity contribution < 1.29 is 24.2 Å². The number of unbranched alkanes of at least 4 members (excludes halogenated alkanes) is 1. The molecule has 37 heavy (non-hydrogen) atoms. The van der Waals surface area contributed by atoms with Crippen molar-refractivity contribution in [2.75, 3.05) is 45.3 Å². The van der Waals surface area contributed by atoms with Crippen molar-refractivity contribution in [1.29, 1.82) is 0 Å². The lowest BCUT2D eigenvalue weighted by atomic mass is 9.70. The van der Waals surface area contributed by atoms with Gasteiger partial charge in [-0.1, -0.05) is 12.2 Å². The third-order valence-electron chi connectivity index (χ3n) is 7.87. The standard InChI is InChI=1S/C28H37N3O5S/c1-5-15-29(3)25(33)22-21-13-14-28(37-21)23(22)26(34)31(17-7-8-18-32)24(28)27(35)30(16-6-2)19-9-11-20(36-4)12-10-19/h5-6,9-12,21-24,32H,1-2,7-8,13-18H2,3-4H3/t21-,22+,23+,24?,28?/m1/s1. The molecule has 1 N–H and O–H groups in total. The number of nitrogens with zero attached hydrogens (tertiary/aromatic N) is 3. The highest BCUT2D eigenvalue weighted by molar-refractivity contribution is 8.02. The molecule has 3 aliphatic heterocycles. The maximum absolute atomic E-state index is 14.4. The Hall–Kier alpha value is -2.78.